The number of hydrogen-bond donors (Lipinski definition) is 0. The zero-order chi connectivity index (χ0) is 17.6. The van der Waals surface area contributed by atoms with Crippen molar-refractivity contribution in [2.24, 2.45) is 0 Å². The first-order valence-electron chi connectivity index (χ1n) is 8.02. The Morgan fingerprint density at radius 3 is 2.88 bits per heavy atom. The van der Waals surface area contributed by atoms with E-state index in [2.05, 4.69) is 10.1 Å². The number of rotatable bonds is 2. The van der Waals surface area contributed by atoms with Gasteiger partial charge < -0.3 is 4.90 Å². The molecule has 25 heavy (non-hydrogen) atoms. The van der Waals surface area contributed by atoms with Crippen LogP contribution in [0.1, 0.15) is 28.0 Å². The fourth-order valence-corrected chi connectivity index (χ4v) is 3.31. The van der Waals surface area contributed by atoms with E-state index in [9.17, 15) is 9.18 Å². The molecule has 0 unspecified atom stereocenters. The first-order chi connectivity index (χ1) is 12.0. The summed E-state index contributed by atoms with van der Waals surface area (Å²) in [5, 5.41) is 4.08. The Morgan fingerprint density at radius 1 is 1.28 bits per heavy atom. The standard InChI is InChI=1S/C18H16F2N4O/c1-12-13(10-24-16(22-12)6-8-21-24)17(25)23-9-7-18(20,11-23)14-4-2-3-5-15(14)19/h2-6,8,10H,7,9,11H2,1H3/t18-/m0/s1. The van der Waals surface area contributed by atoms with Crippen LogP contribution < -0.4 is 0 Å². The van der Waals surface area contributed by atoms with E-state index in [1.165, 1.54) is 27.6 Å². The van der Waals surface area contributed by atoms with Crippen molar-refractivity contribution in [3.8, 4) is 0 Å². The molecule has 3 heterocycles. The van der Waals surface area contributed by atoms with Gasteiger partial charge in [0.25, 0.3) is 5.91 Å². The van der Waals surface area contributed by atoms with Crippen LogP contribution in [0.5, 0.6) is 0 Å². The van der Waals surface area contributed by atoms with E-state index in [1.807, 2.05) is 0 Å². The zero-order valence-corrected chi connectivity index (χ0v) is 13.6. The fraction of sp³-hybridized carbons (Fsp3) is 0.278. The van der Waals surface area contributed by atoms with Crippen molar-refractivity contribution in [3.05, 3.63) is 65.4 Å². The highest BCUT2D eigenvalue weighted by Crippen LogP contribution is 2.38. The van der Waals surface area contributed by atoms with Crippen molar-refractivity contribution in [1.29, 1.82) is 0 Å². The van der Waals surface area contributed by atoms with Crippen LogP contribution >= 0.6 is 0 Å². The van der Waals surface area contributed by atoms with Gasteiger partial charge in [-0.2, -0.15) is 5.10 Å². The summed E-state index contributed by atoms with van der Waals surface area (Å²) in [4.78, 5) is 18.6. The largest absolute Gasteiger partial charge is 0.335 e. The van der Waals surface area contributed by atoms with E-state index in [0.29, 0.717) is 16.9 Å². The lowest BCUT2D eigenvalue weighted by molar-refractivity contribution is 0.0746. The number of likely N-dealkylation sites (tertiary alicyclic amines) is 1. The van der Waals surface area contributed by atoms with Crippen LogP contribution in [0.2, 0.25) is 0 Å². The van der Waals surface area contributed by atoms with Crippen molar-refractivity contribution in [2.45, 2.75) is 19.0 Å². The highest BCUT2D eigenvalue weighted by Gasteiger charge is 2.43. The van der Waals surface area contributed by atoms with Crippen LogP contribution in [0.15, 0.2) is 42.7 Å². The Bertz CT molecular complexity index is 971. The second-order valence-corrected chi connectivity index (χ2v) is 6.30. The van der Waals surface area contributed by atoms with Gasteiger partial charge in [0.2, 0.25) is 0 Å². The van der Waals surface area contributed by atoms with Crippen LogP contribution in [0.4, 0.5) is 8.78 Å². The fourth-order valence-electron chi connectivity index (χ4n) is 3.31. The SMILES string of the molecule is Cc1nc2ccnn2cc1C(=O)N1CC[C@@](F)(c2ccccc2F)C1. The number of carbonyl (C=O) groups excluding carboxylic acids is 1. The molecule has 1 amide bonds. The summed E-state index contributed by atoms with van der Waals surface area (Å²) in [6, 6.07) is 7.53. The molecule has 0 saturated carbocycles. The summed E-state index contributed by atoms with van der Waals surface area (Å²) < 4.78 is 30.8. The Kier molecular flexibility index (Phi) is 3.52. The number of carbonyl (C=O) groups is 1. The molecule has 4 rings (SSSR count). The molecule has 1 aliphatic heterocycles. The van der Waals surface area contributed by atoms with Gasteiger partial charge in [0.1, 0.15) is 5.82 Å². The Hall–Kier alpha value is -2.83. The van der Waals surface area contributed by atoms with E-state index in [-0.39, 0.29) is 31.0 Å². The van der Waals surface area contributed by atoms with Crippen LogP contribution in [0, 0.1) is 12.7 Å². The number of nitrogens with zero attached hydrogens (tertiary/aromatic N) is 4. The number of fused-ring (bicyclic) bond motifs is 1. The molecule has 3 aromatic rings. The number of alkyl halides is 1. The molecule has 1 atom stereocenters. The third kappa shape index (κ3) is 2.56. The normalized spacial score (nSPS) is 20.4. The molecule has 1 fully saturated rings. The summed E-state index contributed by atoms with van der Waals surface area (Å²) in [6.45, 7) is 1.78. The first-order valence-corrected chi connectivity index (χ1v) is 8.02. The first kappa shape index (κ1) is 15.7. The van der Waals surface area contributed by atoms with Crippen LogP contribution in [-0.2, 0) is 5.67 Å². The highest BCUT2D eigenvalue weighted by molar-refractivity contribution is 5.95. The van der Waals surface area contributed by atoms with Gasteiger partial charge in [0.05, 0.1) is 24.0 Å². The lowest BCUT2D eigenvalue weighted by Gasteiger charge is -2.22. The highest BCUT2D eigenvalue weighted by atomic mass is 19.1. The molecule has 1 aliphatic rings. The molecule has 0 spiro atoms. The van der Waals surface area contributed by atoms with Crippen molar-refractivity contribution in [1.82, 2.24) is 19.5 Å². The number of halogens is 2. The molecule has 7 heteroatoms. The molecule has 0 aliphatic carbocycles. The van der Waals surface area contributed by atoms with Gasteiger partial charge in [-0.1, -0.05) is 18.2 Å². The average molecular weight is 342 g/mol. The molecule has 5 nitrogen and oxygen atoms in total. The molecule has 0 N–H and O–H groups in total. The minimum atomic E-state index is -1.88. The van der Waals surface area contributed by atoms with Gasteiger partial charge in [-0.15, -0.1) is 0 Å². The molecule has 1 saturated heterocycles. The Labute approximate surface area is 142 Å². The summed E-state index contributed by atoms with van der Waals surface area (Å²) in [6.07, 6.45) is 3.26. The smallest absolute Gasteiger partial charge is 0.257 e. The van der Waals surface area contributed by atoms with Gasteiger partial charge >= 0.3 is 0 Å². The quantitative estimate of drug-likeness (QED) is 0.720. The van der Waals surface area contributed by atoms with Gasteiger partial charge in [0, 0.05) is 30.8 Å². The molecule has 128 valence electrons. The van der Waals surface area contributed by atoms with Crippen LogP contribution in [0.3, 0.4) is 0 Å². The van der Waals surface area contributed by atoms with Crippen LogP contribution in [0.25, 0.3) is 5.65 Å². The van der Waals surface area contributed by atoms with E-state index in [1.54, 1.807) is 31.5 Å². The topological polar surface area (TPSA) is 50.5 Å². The maximum Gasteiger partial charge on any atom is 0.257 e. The lowest BCUT2D eigenvalue weighted by atomic mass is 9.94. The molecule has 0 radical (unpaired) electrons. The maximum absolute atomic E-state index is 15.3. The number of aromatic nitrogens is 3. The second kappa shape index (κ2) is 5.61. The Morgan fingerprint density at radius 2 is 2.08 bits per heavy atom. The Balaban J connectivity index is 1.63. The number of hydrogen-bond acceptors (Lipinski definition) is 3. The van der Waals surface area contributed by atoms with E-state index < -0.39 is 11.5 Å². The van der Waals surface area contributed by atoms with Gasteiger partial charge in [-0.3, -0.25) is 4.79 Å². The van der Waals surface area contributed by atoms with Crippen molar-refractivity contribution >= 4 is 11.6 Å². The summed E-state index contributed by atoms with van der Waals surface area (Å²) >= 11 is 0. The van der Waals surface area contributed by atoms with Gasteiger partial charge in [-0.05, 0) is 13.0 Å². The van der Waals surface area contributed by atoms with Gasteiger partial charge in [-0.25, -0.2) is 18.3 Å². The van der Waals surface area contributed by atoms with E-state index >= 15 is 4.39 Å². The molecular weight excluding hydrogens is 326 g/mol. The minimum Gasteiger partial charge on any atom is -0.335 e. The third-order valence-electron chi connectivity index (χ3n) is 4.67. The zero-order valence-electron chi connectivity index (χ0n) is 13.6. The predicted molar refractivity (Wildman–Crippen MR) is 87.4 cm³/mol. The summed E-state index contributed by atoms with van der Waals surface area (Å²) in [7, 11) is 0. The lowest BCUT2D eigenvalue weighted by Crippen LogP contribution is -2.33. The molecule has 1 aromatic carbocycles. The number of benzene rings is 1. The van der Waals surface area contributed by atoms with Crippen molar-refractivity contribution in [2.75, 3.05) is 13.1 Å². The number of amides is 1. The summed E-state index contributed by atoms with van der Waals surface area (Å²) in [5.74, 6) is -0.909. The van der Waals surface area contributed by atoms with E-state index in [0.717, 1.165) is 0 Å². The molecule has 0 bridgehead atoms. The van der Waals surface area contributed by atoms with E-state index in [4.69, 9.17) is 0 Å². The number of aryl methyl sites for hydroxylation is 1. The molecular formula is C18H16F2N4O. The van der Waals surface area contributed by atoms with Crippen molar-refractivity contribution in [3.63, 3.8) is 0 Å². The average Bonchev–Trinajstić information content (AvgIpc) is 3.20. The van der Waals surface area contributed by atoms with Crippen molar-refractivity contribution < 1.29 is 13.6 Å². The minimum absolute atomic E-state index is 0.00248. The van der Waals surface area contributed by atoms with Crippen LogP contribution in [-0.4, -0.2) is 38.5 Å². The third-order valence-corrected chi connectivity index (χ3v) is 4.67. The monoisotopic (exact) mass is 342 g/mol. The predicted octanol–water partition coefficient (Wildman–Crippen LogP) is 2.89. The summed E-state index contributed by atoms with van der Waals surface area (Å²) in [5.41, 5.74) is -0.309. The second-order valence-electron chi connectivity index (χ2n) is 6.30. The van der Waals surface area contributed by atoms with Gasteiger partial charge in [0.15, 0.2) is 11.3 Å². The molecule has 2 aromatic heterocycles. The maximum atomic E-state index is 15.3.